The Kier molecular flexibility index (Phi) is 3.32. The molecule has 0 saturated heterocycles. The third-order valence-electron chi connectivity index (χ3n) is 2.61. The van der Waals surface area contributed by atoms with Crippen molar-refractivity contribution >= 4 is 5.97 Å². The van der Waals surface area contributed by atoms with Crippen LogP contribution < -0.4 is 4.74 Å². The van der Waals surface area contributed by atoms with Crippen LogP contribution in [0.2, 0.25) is 0 Å². The molecule has 5 nitrogen and oxygen atoms in total. The highest BCUT2D eigenvalue weighted by Gasteiger charge is 2.15. The fourth-order valence-electron chi connectivity index (χ4n) is 1.74. The third kappa shape index (κ3) is 2.34. The van der Waals surface area contributed by atoms with Crippen LogP contribution in [0.15, 0.2) is 30.5 Å². The average Bonchev–Trinajstić information content (AvgIpc) is 2.72. The van der Waals surface area contributed by atoms with Gasteiger partial charge in [-0.05, 0) is 19.1 Å². The SMILES string of the molecule is COc1c(CC(=O)O)cnn1-c1ccc(C)cc1. The number of carboxylic acids is 1. The lowest BCUT2D eigenvalue weighted by atomic mass is 10.2. The molecule has 0 aliphatic carbocycles. The number of aromatic nitrogens is 2. The number of aliphatic carboxylic acids is 1. The van der Waals surface area contributed by atoms with E-state index in [9.17, 15) is 4.79 Å². The molecule has 5 heteroatoms. The number of ether oxygens (including phenoxy) is 1. The lowest BCUT2D eigenvalue weighted by Crippen LogP contribution is -2.04. The van der Waals surface area contributed by atoms with E-state index >= 15 is 0 Å². The Bertz CT molecular complexity index is 558. The summed E-state index contributed by atoms with van der Waals surface area (Å²) in [5.41, 5.74) is 2.55. The second-order valence-electron chi connectivity index (χ2n) is 4.00. The van der Waals surface area contributed by atoms with E-state index in [0.717, 1.165) is 11.3 Å². The standard InChI is InChI=1S/C13H14N2O3/c1-9-3-5-11(6-4-9)15-13(18-2)10(8-14-15)7-12(16)17/h3-6,8H,7H2,1-2H3,(H,16,17). The number of nitrogens with zero attached hydrogens (tertiary/aromatic N) is 2. The summed E-state index contributed by atoms with van der Waals surface area (Å²) in [5.74, 6) is -0.446. The molecule has 1 aromatic heterocycles. The van der Waals surface area contributed by atoms with Crippen LogP contribution in [-0.2, 0) is 11.2 Å². The third-order valence-corrected chi connectivity index (χ3v) is 2.61. The molecule has 0 unspecified atom stereocenters. The highest BCUT2D eigenvalue weighted by atomic mass is 16.5. The molecule has 0 amide bonds. The maximum absolute atomic E-state index is 10.7. The van der Waals surface area contributed by atoms with E-state index in [1.165, 1.54) is 13.3 Å². The summed E-state index contributed by atoms with van der Waals surface area (Å²) in [6.45, 7) is 2.00. The van der Waals surface area contributed by atoms with E-state index in [4.69, 9.17) is 9.84 Å². The molecule has 18 heavy (non-hydrogen) atoms. The van der Waals surface area contributed by atoms with Gasteiger partial charge in [-0.3, -0.25) is 4.79 Å². The van der Waals surface area contributed by atoms with Crippen molar-refractivity contribution in [2.24, 2.45) is 0 Å². The summed E-state index contributed by atoms with van der Waals surface area (Å²) in [6, 6.07) is 7.76. The highest BCUT2D eigenvalue weighted by Crippen LogP contribution is 2.23. The lowest BCUT2D eigenvalue weighted by Gasteiger charge is -2.07. The van der Waals surface area contributed by atoms with Gasteiger partial charge in [0.1, 0.15) is 0 Å². The summed E-state index contributed by atoms with van der Waals surface area (Å²) in [5, 5.41) is 13.0. The van der Waals surface area contributed by atoms with E-state index in [2.05, 4.69) is 5.10 Å². The predicted molar refractivity (Wildman–Crippen MR) is 66.2 cm³/mol. The molecular weight excluding hydrogens is 232 g/mol. The van der Waals surface area contributed by atoms with Crippen molar-refractivity contribution in [1.29, 1.82) is 0 Å². The van der Waals surface area contributed by atoms with Crippen molar-refractivity contribution in [2.75, 3.05) is 7.11 Å². The summed E-state index contributed by atoms with van der Waals surface area (Å²) >= 11 is 0. The molecule has 2 rings (SSSR count). The van der Waals surface area contributed by atoms with Gasteiger partial charge in [0, 0.05) is 5.56 Å². The quantitative estimate of drug-likeness (QED) is 0.893. The smallest absolute Gasteiger partial charge is 0.308 e. The first-order valence-electron chi connectivity index (χ1n) is 5.51. The van der Waals surface area contributed by atoms with Crippen LogP contribution in [-0.4, -0.2) is 28.0 Å². The zero-order valence-corrected chi connectivity index (χ0v) is 10.3. The normalized spacial score (nSPS) is 10.3. The Morgan fingerprint density at radius 2 is 2.06 bits per heavy atom. The van der Waals surface area contributed by atoms with E-state index in [0.29, 0.717) is 11.4 Å². The van der Waals surface area contributed by atoms with Gasteiger partial charge in [0.15, 0.2) is 0 Å². The number of carbonyl (C=O) groups is 1. The molecule has 0 bridgehead atoms. The fourth-order valence-corrected chi connectivity index (χ4v) is 1.74. The van der Waals surface area contributed by atoms with Gasteiger partial charge < -0.3 is 9.84 Å². The van der Waals surface area contributed by atoms with Crippen LogP contribution in [0.5, 0.6) is 5.88 Å². The van der Waals surface area contributed by atoms with Gasteiger partial charge in [0.2, 0.25) is 5.88 Å². The Morgan fingerprint density at radius 3 is 2.61 bits per heavy atom. The molecule has 0 fully saturated rings. The maximum atomic E-state index is 10.7. The van der Waals surface area contributed by atoms with Gasteiger partial charge in [-0.25, -0.2) is 4.68 Å². The molecule has 1 aromatic carbocycles. The topological polar surface area (TPSA) is 64.3 Å². The van der Waals surface area contributed by atoms with Crippen molar-refractivity contribution < 1.29 is 14.6 Å². The molecule has 0 saturated carbocycles. The zero-order valence-electron chi connectivity index (χ0n) is 10.3. The van der Waals surface area contributed by atoms with Crippen molar-refractivity contribution in [3.8, 4) is 11.6 Å². The highest BCUT2D eigenvalue weighted by molar-refractivity contribution is 5.71. The molecular formula is C13H14N2O3. The Labute approximate surface area is 105 Å². The summed E-state index contributed by atoms with van der Waals surface area (Å²) in [6.07, 6.45) is 1.42. The number of hydrogen-bond acceptors (Lipinski definition) is 3. The largest absolute Gasteiger partial charge is 0.481 e. The van der Waals surface area contributed by atoms with Gasteiger partial charge in [-0.15, -0.1) is 0 Å². The van der Waals surface area contributed by atoms with Crippen LogP contribution >= 0.6 is 0 Å². The molecule has 1 N–H and O–H groups in total. The van der Waals surface area contributed by atoms with E-state index in [-0.39, 0.29) is 6.42 Å². The first-order chi connectivity index (χ1) is 8.61. The number of aryl methyl sites for hydroxylation is 1. The number of carboxylic acid groups (broad SMARTS) is 1. The first kappa shape index (κ1) is 12.2. The van der Waals surface area contributed by atoms with Crippen LogP contribution in [0.1, 0.15) is 11.1 Å². The Balaban J connectivity index is 2.42. The van der Waals surface area contributed by atoms with E-state index in [1.807, 2.05) is 31.2 Å². The lowest BCUT2D eigenvalue weighted by molar-refractivity contribution is -0.136. The number of rotatable bonds is 4. The second kappa shape index (κ2) is 4.91. The summed E-state index contributed by atoms with van der Waals surface area (Å²) in [4.78, 5) is 10.7. The molecule has 2 aromatic rings. The molecule has 0 aliphatic rings. The molecule has 0 atom stereocenters. The molecule has 94 valence electrons. The monoisotopic (exact) mass is 246 g/mol. The van der Waals surface area contributed by atoms with Gasteiger partial charge in [0.25, 0.3) is 0 Å². The van der Waals surface area contributed by atoms with Crippen molar-refractivity contribution in [3.05, 3.63) is 41.6 Å². The number of methoxy groups -OCH3 is 1. The Morgan fingerprint density at radius 1 is 1.39 bits per heavy atom. The van der Waals surface area contributed by atoms with Crippen LogP contribution in [0.4, 0.5) is 0 Å². The van der Waals surface area contributed by atoms with Crippen LogP contribution in [0.25, 0.3) is 5.69 Å². The first-order valence-corrected chi connectivity index (χ1v) is 5.51. The number of benzene rings is 1. The van der Waals surface area contributed by atoms with Gasteiger partial charge >= 0.3 is 5.97 Å². The minimum Gasteiger partial charge on any atom is -0.481 e. The summed E-state index contributed by atoms with van der Waals surface area (Å²) < 4.78 is 6.83. The van der Waals surface area contributed by atoms with Crippen molar-refractivity contribution in [3.63, 3.8) is 0 Å². The minimum atomic E-state index is -0.906. The van der Waals surface area contributed by atoms with Crippen LogP contribution in [0, 0.1) is 6.92 Å². The van der Waals surface area contributed by atoms with E-state index in [1.54, 1.807) is 4.68 Å². The molecule has 0 radical (unpaired) electrons. The van der Waals surface area contributed by atoms with Crippen LogP contribution in [0.3, 0.4) is 0 Å². The second-order valence-corrected chi connectivity index (χ2v) is 4.00. The summed E-state index contributed by atoms with van der Waals surface area (Å²) in [7, 11) is 1.51. The molecule has 0 spiro atoms. The van der Waals surface area contributed by atoms with Gasteiger partial charge in [-0.1, -0.05) is 17.7 Å². The van der Waals surface area contributed by atoms with E-state index < -0.39 is 5.97 Å². The minimum absolute atomic E-state index is 0.102. The zero-order chi connectivity index (χ0) is 13.1. The number of hydrogen-bond donors (Lipinski definition) is 1. The predicted octanol–water partition coefficient (Wildman–Crippen LogP) is 1.82. The van der Waals surface area contributed by atoms with Gasteiger partial charge in [-0.2, -0.15) is 5.10 Å². The fraction of sp³-hybridized carbons (Fsp3) is 0.231. The van der Waals surface area contributed by atoms with Crippen molar-refractivity contribution in [2.45, 2.75) is 13.3 Å². The Hall–Kier alpha value is -2.30. The van der Waals surface area contributed by atoms with Crippen molar-refractivity contribution in [1.82, 2.24) is 9.78 Å². The molecule has 0 aliphatic heterocycles. The molecule has 1 heterocycles. The van der Waals surface area contributed by atoms with Gasteiger partial charge in [0.05, 0.1) is 25.4 Å². The average molecular weight is 246 g/mol. The maximum Gasteiger partial charge on any atom is 0.308 e.